The van der Waals surface area contributed by atoms with Gasteiger partial charge in [0.2, 0.25) is 5.91 Å². The maximum absolute atomic E-state index is 12.7. The fraction of sp³-hybridized carbons (Fsp3) is 0.696. The number of hydrogen-bond donors (Lipinski definition) is 0. The standard InChI is InChI=1S/C23H35F2N3O2/c1-26-14-11-20(12-15-26)27(2)22(29)10-9-18-6-5-13-28(16-18)17-19-7-3-4-8-21(19)30-23(24)25/h3-4,7-8,18,20,23H,5-6,9-17H2,1-2H3. The molecule has 2 saturated heterocycles. The maximum atomic E-state index is 12.7. The van der Waals surface area contributed by atoms with Gasteiger partial charge in [-0.15, -0.1) is 0 Å². The molecule has 1 aromatic rings. The molecular weight excluding hydrogens is 388 g/mol. The first-order valence-corrected chi connectivity index (χ1v) is 11.1. The zero-order chi connectivity index (χ0) is 21.5. The summed E-state index contributed by atoms with van der Waals surface area (Å²) in [5.74, 6) is 0.971. The van der Waals surface area contributed by atoms with Crippen molar-refractivity contribution in [2.24, 2.45) is 5.92 Å². The van der Waals surface area contributed by atoms with Crippen molar-refractivity contribution >= 4 is 5.91 Å². The highest BCUT2D eigenvalue weighted by Crippen LogP contribution is 2.27. The smallest absolute Gasteiger partial charge is 0.387 e. The van der Waals surface area contributed by atoms with Crippen LogP contribution in [0.15, 0.2) is 24.3 Å². The molecule has 0 aliphatic carbocycles. The van der Waals surface area contributed by atoms with Crippen molar-refractivity contribution in [1.82, 2.24) is 14.7 Å². The Kier molecular flexibility index (Phi) is 8.45. The number of benzene rings is 1. The fourth-order valence-corrected chi connectivity index (χ4v) is 4.71. The molecule has 0 bridgehead atoms. The summed E-state index contributed by atoms with van der Waals surface area (Å²) in [6, 6.07) is 7.38. The number of ether oxygens (including phenoxy) is 1. The number of likely N-dealkylation sites (tertiary alicyclic amines) is 2. The minimum atomic E-state index is -2.81. The minimum absolute atomic E-state index is 0.248. The lowest BCUT2D eigenvalue weighted by molar-refractivity contribution is -0.133. The molecule has 2 aliphatic rings. The third kappa shape index (κ3) is 6.64. The van der Waals surface area contributed by atoms with E-state index in [1.54, 1.807) is 12.1 Å². The van der Waals surface area contributed by atoms with Crippen LogP contribution >= 0.6 is 0 Å². The number of carbonyl (C=O) groups is 1. The predicted molar refractivity (Wildman–Crippen MR) is 114 cm³/mol. The molecule has 5 nitrogen and oxygen atoms in total. The number of hydrogen-bond acceptors (Lipinski definition) is 4. The van der Waals surface area contributed by atoms with E-state index >= 15 is 0 Å². The highest BCUT2D eigenvalue weighted by atomic mass is 19.3. The van der Waals surface area contributed by atoms with Gasteiger partial charge >= 0.3 is 6.61 Å². The van der Waals surface area contributed by atoms with Crippen molar-refractivity contribution < 1.29 is 18.3 Å². The Morgan fingerprint density at radius 3 is 2.67 bits per heavy atom. The van der Waals surface area contributed by atoms with Crippen LogP contribution in [0.25, 0.3) is 0 Å². The molecule has 1 unspecified atom stereocenters. The summed E-state index contributed by atoms with van der Waals surface area (Å²) in [5, 5.41) is 0. The van der Waals surface area contributed by atoms with Gasteiger partial charge in [-0.1, -0.05) is 18.2 Å². The van der Waals surface area contributed by atoms with Crippen molar-refractivity contribution in [3.05, 3.63) is 29.8 Å². The normalized spacial score (nSPS) is 21.7. The molecule has 0 radical (unpaired) electrons. The summed E-state index contributed by atoms with van der Waals surface area (Å²) in [4.78, 5) is 19.3. The molecule has 1 amide bonds. The number of carbonyl (C=O) groups excluding carboxylic acids is 1. The van der Waals surface area contributed by atoms with Gasteiger partial charge in [0.15, 0.2) is 0 Å². The lowest BCUT2D eigenvalue weighted by Gasteiger charge is -2.36. The van der Waals surface area contributed by atoms with E-state index in [0.717, 1.165) is 63.8 Å². The highest BCUT2D eigenvalue weighted by Gasteiger charge is 2.26. The van der Waals surface area contributed by atoms with Gasteiger partial charge in [-0.2, -0.15) is 8.78 Å². The Bertz CT molecular complexity index is 680. The number of amides is 1. The quantitative estimate of drug-likeness (QED) is 0.637. The predicted octanol–water partition coefficient (Wildman–Crippen LogP) is 3.83. The van der Waals surface area contributed by atoms with Crippen LogP contribution in [-0.4, -0.2) is 73.5 Å². The topological polar surface area (TPSA) is 36.0 Å². The molecule has 7 heteroatoms. The van der Waals surface area contributed by atoms with Crippen LogP contribution in [0.1, 0.15) is 44.1 Å². The van der Waals surface area contributed by atoms with Gasteiger partial charge < -0.3 is 14.5 Å². The SMILES string of the molecule is CN1CCC(N(C)C(=O)CCC2CCCN(Cc3ccccc3OC(F)F)C2)CC1. The van der Waals surface area contributed by atoms with Crippen molar-refractivity contribution in [3.8, 4) is 5.75 Å². The minimum Gasteiger partial charge on any atom is -0.434 e. The van der Waals surface area contributed by atoms with Crippen molar-refractivity contribution in [1.29, 1.82) is 0 Å². The second-order valence-electron chi connectivity index (χ2n) is 8.81. The molecular formula is C23H35F2N3O2. The largest absolute Gasteiger partial charge is 0.434 e. The Labute approximate surface area is 179 Å². The average Bonchev–Trinajstić information content (AvgIpc) is 2.73. The van der Waals surface area contributed by atoms with E-state index in [0.29, 0.717) is 24.9 Å². The first kappa shape index (κ1) is 22.9. The summed E-state index contributed by atoms with van der Waals surface area (Å²) < 4.78 is 30.0. The third-order valence-electron chi connectivity index (χ3n) is 6.58. The first-order chi connectivity index (χ1) is 14.4. The monoisotopic (exact) mass is 423 g/mol. The Morgan fingerprint density at radius 1 is 1.20 bits per heavy atom. The molecule has 168 valence electrons. The van der Waals surface area contributed by atoms with Crippen LogP contribution in [0.2, 0.25) is 0 Å². The summed E-state index contributed by atoms with van der Waals surface area (Å²) in [5.41, 5.74) is 0.788. The van der Waals surface area contributed by atoms with Gasteiger partial charge in [0.05, 0.1) is 0 Å². The number of para-hydroxylation sites is 1. The fourth-order valence-electron chi connectivity index (χ4n) is 4.71. The van der Waals surface area contributed by atoms with Gasteiger partial charge in [0.25, 0.3) is 0 Å². The van der Waals surface area contributed by atoms with Crippen LogP contribution in [0.4, 0.5) is 8.78 Å². The Hall–Kier alpha value is -1.73. The molecule has 2 fully saturated rings. The van der Waals surface area contributed by atoms with E-state index in [4.69, 9.17) is 0 Å². The molecule has 0 saturated carbocycles. The number of rotatable bonds is 8. The average molecular weight is 424 g/mol. The number of alkyl halides is 2. The second kappa shape index (κ2) is 11.0. The van der Waals surface area contributed by atoms with E-state index in [2.05, 4.69) is 21.6 Å². The third-order valence-corrected chi connectivity index (χ3v) is 6.58. The summed E-state index contributed by atoms with van der Waals surface area (Å²) in [6.07, 6.45) is 5.78. The molecule has 0 N–H and O–H groups in total. The Balaban J connectivity index is 1.46. The molecule has 0 spiro atoms. The van der Waals surface area contributed by atoms with Crippen molar-refractivity contribution in [2.45, 2.75) is 57.7 Å². The zero-order valence-corrected chi connectivity index (χ0v) is 18.2. The van der Waals surface area contributed by atoms with E-state index in [1.807, 2.05) is 24.1 Å². The summed E-state index contributed by atoms with van der Waals surface area (Å²) >= 11 is 0. The van der Waals surface area contributed by atoms with E-state index < -0.39 is 6.61 Å². The lowest BCUT2D eigenvalue weighted by atomic mass is 9.92. The van der Waals surface area contributed by atoms with Gasteiger partial charge in [-0.3, -0.25) is 9.69 Å². The molecule has 1 aromatic carbocycles. The lowest BCUT2D eigenvalue weighted by Crippen LogP contribution is -2.44. The molecule has 3 rings (SSSR count). The summed E-state index contributed by atoms with van der Waals surface area (Å²) in [6.45, 7) is 1.74. The second-order valence-corrected chi connectivity index (χ2v) is 8.81. The van der Waals surface area contributed by atoms with Crippen LogP contribution in [0.3, 0.4) is 0 Å². The van der Waals surface area contributed by atoms with Gasteiger partial charge in [-0.05, 0) is 70.8 Å². The van der Waals surface area contributed by atoms with Crippen molar-refractivity contribution in [2.75, 3.05) is 40.3 Å². The first-order valence-electron chi connectivity index (χ1n) is 11.1. The van der Waals surface area contributed by atoms with Crippen LogP contribution in [0.5, 0.6) is 5.75 Å². The highest BCUT2D eigenvalue weighted by molar-refractivity contribution is 5.76. The number of piperidine rings is 2. The van der Waals surface area contributed by atoms with Crippen molar-refractivity contribution in [3.63, 3.8) is 0 Å². The maximum Gasteiger partial charge on any atom is 0.387 e. The molecule has 1 atom stereocenters. The summed E-state index contributed by atoms with van der Waals surface area (Å²) in [7, 11) is 4.08. The molecule has 30 heavy (non-hydrogen) atoms. The van der Waals surface area contributed by atoms with E-state index in [-0.39, 0.29) is 11.7 Å². The van der Waals surface area contributed by atoms with Crippen LogP contribution < -0.4 is 4.74 Å². The van der Waals surface area contributed by atoms with E-state index in [1.165, 1.54) is 0 Å². The Morgan fingerprint density at radius 2 is 1.93 bits per heavy atom. The zero-order valence-electron chi connectivity index (χ0n) is 18.2. The molecule has 0 aromatic heterocycles. The van der Waals surface area contributed by atoms with Crippen LogP contribution in [0, 0.1) is 5.92 Å². The number of nitrogens with zero attached hydrogens (tertiary/aromatic N) is 3. The van der Waals surface area contributed by atoms with Gasteiger partial charge in [0.1, 0.15) is 5.75 Å². The number of halogens is 2. The molecule has 2 heterocycles. The van der Waals surface area contributed by atoms with E-state index in [9.17, 15) is 13.6 Å². The van der Waals surface area contributed by atoms with Crippen LogP contribution in [-0.2, 0) is 11.3 Å². The van der Waals surface area contributed by atoms with Gasteiger partial charge in [-0.25, -0.2) is 0 Å². The van der Waals surface area contributed by atoms with Gasteiger partial charge in [0, 0.05) is 38.2 Å². The molecule has 2 aliphatic heterocycles.